The number of nitrogens with one attached hydrogen (secondary N) is 1. The number of ketones is 1. The van der Waals surface area contributed by atoms with Crippen LogP contribution < -0.4 is 5.32 Å². The predicted molar refractivity (Wildman–Crippen MR) is 171 cm³/mol. The molecule has 2 unspecified atom stereocenters. The number of thiophene rings is 1. The highest BCUT2D eigenvalue weighted by Crippen LogP contribution is 2.41. The molecule has 1 aliphatic carbocycles. The second kappa shape index (κ2) is 12.0. The van der Waals surface area contributed by atoms with E-state index in [2.05, 4.69) is 69.8 Å². The van der Waals surface area contributed by atoms with Crippen LogP contribution in [-0.4, -0.2) is 17.9 Å². The molecule has 1 fully saturated rings. The lowest BCUT2D eigenvalue weighted by molar-refractivity contribution is 0.0961. The molecule has 38 heavy (non-hydrogen) atoms. The van der Waals surface area contributed by atoms with Gasteiger partial charge in [0.1, 0.15) is 5.82 Å². The highest BCUT2D eigenvalue weighted by molar-refractivity contribution is 14.2. The van der Waals surface area contributed by atoms with E-state index in [0.717, 1.165) is 37.1 Å². The molecule has 0 spiro atoms. The van der Waals surface area contributed by atoms with Crippen molar-refractivity contribution in [3.8, 4) is 0 Å². The second-order valence-corrected chi connectivity index (χ2v) is 14.4. The first-order chi connectivity index (χ1) is 18.6. The molecule has 1 N–H and O–H groups in total. The van der Waals surface area contributed by atoms with E-state index < -0.39 is 0 Å². The number of carbonyl (C=O) groups is 1. The van der Waals surface area contributed by atoms with E-state index >= 15 is 0 Å². The molecule has 1 aromatic carbocycles. The van der Waals surface area contributed by atoms with Crippen LogP contribution in [0.3, 0.4) is 0 Å². The Labute approximate surface area is 247 Å². The van der Waals surface area contributed by atoms with Gasteiger partial charge in [-0.3, -0.25) is 12.9 Å². The van der Waals surface area contributed by atoms with Gasteiger partial charge in [-0.25, -0.2) is 0 Å². The first-order valence-electron chi connectivity index (χ1n) is 13.4. The quantitative estimate of drug-likeness (QED) is 0.116. The van der Waals surface area contributed by atoms with Crippen molar-refractivity contribution >= 4 is 68.2 Å². The third-order valence-corrected chi connectivity index (χ3v) is 13.0. The van der Waals surface area contributed by atoms with E-state index in [1.165, 1.54) is 50.1 Å². The molecule has 2 aliphatic heterocycles. The number of hydrogen-bond donors (Lipinski definition) is 1. The van der Waals surface area contributed by atoms with Gasteiger partial charge in [0.2, 0.25) is 0 Å². The Balaban J connectivity index is 1.14. The van der Waals surface area contributed by atoms with E-state index in [0.29, 0.717) is 24.0 Å². The molecule has 0 radical (unpaired) electrons. The molecule has 2 aromatic heterocycles. The van der Waals surface area contributed by atoms with Crippen LogP contribution in [0.5, 0.6) is 0 Å². The Hall–Kier alpha value is -2.10. The van der Waals surface area contributed by atoms with Gasteiger partial charge in [0, 0.05) is 71.7 Å². The zero-order valence-corrected chi connectivity index (χ0v) is 25.8. The molecule has 0 amide bonds. The van der Waals surface area contributed by atoms with Gasteiger partial charge in [-0.05, 0) is 94.2 Å². The van der Waals surface area contributed by atoms with Crippen LogP contribution in [0.2, 0.25) is 0 Å². The smallest absolute Gasteiger partial charge is 0.173 e. The summed E-state index contributed by atoms with van der Waals surface area (Å²) in [6.07, 6.45) is 16.1. The number of rotatable bonds is 7. The van der Waals surface area contributed by atoms with Crippen LogP contribution >= 0.6 is 48.3 Å². The van der Waals surface area contributed by atoms with E-state index in [4.69, 9.17) is 0 Å². The van der Waals surface area contributed by atoms with Gasteiger partial charge >= 0.3 is 0 Å². The van der Waals surface area contributed by atoms with Crippen molar-refractivity contribution in [3.05, 3.63) is 99.0 Å². The third kappa shape index (κ3) is 5.89. The van der Waals surface area contributed by atoms with Gasteiger partial charge in [-0.2, -0.15) is 0 Å². The largest absolute Gasteiger partial charge is 0.367 e. The van der Waals surface area contributed by atoms with E-state index in [9.17, 15) is 4.79 Å². The van der Waals surface area contributed by atoms with Gasteiger partial charge in [0.25, 0.3) is 0 Å². The lowest BCUT2D eigenvalue weighted by Gasteiger charge is -2.23. The number of allylic oxidation sites excluding steroid dienone is 4. The number of Topliss-reactive ketones (excluding diaryl/α,β-unsaturated/α-hetero) is 1. The zero-order chi connectivity index (χ0) is 25.9. The number of halogens is 2. The summed E-state index contributed by atoms with van der Waals surface area (Å²) < 4.78 is 7.32. The average Bonchev–Trinajstić information content (AvgIpc) is 3.39. The minimum atomic E-state index is -0.220. The van der Waals surface area contributed by atoms with Crippen molar-refractivity contribution in [1.82, 2.24) is 13.4 Å². The van der Waals surface area contributed by atoms with Crippen LogP contribution in [0, 0.1) is 11.8 Å². The summed E-state index contributed by atoms with van der Waals surface area (Å²) in [6.45, 7) is 0.769. The summed E-state index contributed by atoms with van der Waals surface area (Å²) in [4.78, 5) is 18.4. The first kappa shape index (κ1) is 26.1. The molecule has 4 heterocycles. The molecule has 196 valence electrons. The first-order valence-corrected chi connectivity index (χ1v) is 17.2. The van der Waals surface area contributed by atoms with E-state index in [1.54, 1.807) is 11.3 Å². The highest BCUT2D eigenvalue weighted by atomic mass is 127. The Morgan fingerprint density at radius 3 is 2.95 bits per heavy atom. The number of carbonyl (C=O) groups excluding carboxylic acids is 1. The number of benzene rings is 1. The fourth-order valence-corrected chi connectivity index (χ4v) is 10.2. The lowest BCUT2D eigenvalue weighted by atomic mass is 9.89. The summed E-state index contributed by atoms with van der Waals surface area (Å²) in [6, 6.07) is 14.5. The summed E-state index contributed by atoms with van der Waals surface area (Å²) in [5.74, 6) is 2.57. The van der Waals surface area contributed by atoms with Crippen LogP contribution in [0.25, 0.3) is 10.1 Å². The molecule has 1 saturated carbocycles. The number of fused-ring (bicyclic) bond motifs is 2. The molecular formula is C31H31BrIN3OS. The number of aromatic nitrogens is 1. The maximum Gasteiger partial charge on any atom is 0.173 e. The average molecular weight is 700 g/mol. The monoisotopic (exact) mass is 699 g/mol. The topological polar surface area (TPSA) is 45.2 Å². The Bertz CT molecular complexity index is 1430. The Kier molecular flexibility index (Phi) is 8.23. The van der Waals surface area contributed by atoms with Crippen molar-refractivity contribution in [2.75, 3.05) is 0 Å². The molecule has 0 saturated heterocycles. The predicted octanol–water partition coefficient (Wildman–Crippen LogP) is 8.64. The normalized spacial score (nSPS) is 21.8. The summed E-state index contributed by atoms with van der Waals surface area (Å²) in [5, 5.41) is 4.92. The van der Waals surface area contributed by atoms with Crippen molar-refractivity contribution in [3.63, 3.8) is 0 Å². The standard InChI is InChI=1S/C31H31BrIN3OS/c32-26-18-33-36-27(26)13-12-24(17-31(36)35-20-22-6-4-14-34-19-22)23-8-3-5-21(10-11-23)15-28(37)30-16-25-7-1-2-9-29(25)38-30/h1-2,4,6-7,9,12,14,16-19,21,23,35H,3,5,8,10-11,13,15,20H2. The second-order valence-electron chi connectivity index (χ2n) is 10.3. The molecule has 4 nitrogen and oxygen atoms in total. The van der Waals surface area contributed by atoms with Crippen LogP contribution in [-0.2, 0) is 6.54 Å². The maximum absolute atomic E-state index is 13.2. The molecule has 0 bridgehead atoms. The third-order valence-electron chi connectivity index (χ3n) is 7.73. The highest BCUT2D eigenvalue weighted by Gasteiger charge is 2.27. The summed E-state index contributed by atoms with van der Waals surface area (Å²) in [7, 11) is 0. The van der Waals surface area contributed by atoms with Gasteiger partial charge in [0.15, 0.2) is 5.78 Å². The number of hydrogen-bond acceptors (Lipinski definition) is 5. The fourth-order valence-electron chi connectivity index (χ4n) is 5.67. The van der Waals surface area contributed by atoms with Gasteiger partial charge in [-0.15, -0.1) is 11.3 Å². The molecule has 7 heteroatoms. The minimum Gasteiger partial charge on any atom is -0.367 e. The Morgan fingerprint density at radius 2 is 2.08 bits per heavy atom. The van der Waals surface area contributed by atoms with Crippen LogP contribution in [0.1, 0.15) is 60.2 Å². The van der Waals surface area contributed by atoms with Crippen LogP contribution in [0.15, 0.2) is 88.6 Å². The van der Waals surface area contributed by atoms with Gasteiger partial charge in [-0.1, -0.05) is 36.8 Å². The molecule has 3 aromatic rings. The molecule has 2 atom stereocenters. The molecule has 6 rings (SSSR count). The number of nitrogens with zero attached hydrogens (tertiary/aromatic N) is 2. The summed E-state index contributed by atoms with van der Waals surface area (Å²) in [5.41, 5.74) is 4.02. The summed E-state index contributed by atoms with van der Waals surface area (Å²) >= 11 is 5.24. The maximum atomic E-state index is 13.2. The fraction of sp³-hybridized carbons (Fsp3) is 0.323. The zero-order valence-electron chi connectivity index (χ0n) is 21.2. The molecule has 3 aliphatic rings. The van der Waals surface area contributed by atoms with Gasteiger partial charge in [0.05, 0.1) is 4.88 Å². The van der Waals surface area contributed by atoms with Crippen molar-refractivity contribution < 1.29 is 4.79 Å². The van der Waals surface area contributed by atoms with E-state index in [-0.39, 0.29) is 21.0 Å². The van der Waals surface area contributed by atoms with Crippen molar-refractivity contribution in [2.24, 2.45) is 11.8 Å². The SMILES string of the molecule is O=C(CC1CCCC(C2=CCC3=C(Br)C=IN3C(NCc3cccnc3)=C2)CC1)c1cc2ccccc2s1. The van der Waals surface area contributed by atoms with Crippen LogP contribution in [0.4, 0.5) is 0 Å². The van der Waals surface area contributed by atoms with Crippen molar-refractivity contribution in [1.29, 1.82) is 0 Å². The minimum absolute atomic E-state index is 0.220. The lowest BCUT2D eigenvalue weighted by Crippen LogP contribution is -2.23. The van der Waals surface area contributed by atoms with Crippen molar-refractivity contribution in [2.45, 2.75) is 51.5 Å². The van der Waals surface area contributed by atoms with Gasteiger partial charge < -0.3 is 5.32 Å². The Morgan fingerprint density at radius 1 is 1.16 bits per heavy atom. The number of pyridine rings is 1. The van der Waals surface area contributed by atoms with E-state index in [1.807, 2.05) is 30.6 Å². The molecular weight excluding hydrogens is 669 g/mol.